The van der Waals surface area contributed by atoms with Gasteiger partial charge in [0.1, 0.15) is 0 Å². The van der Waals surface area contributed by atoms with Gasteiger partial charge in [-0.1, -0.05) is 0 Å². The van der Waals surface area contributed by atoms with Crippen molar-refractivity contribution < 1.29 is 4.79 Å². The second-order valence-corrected chi connectivity index (χ2v) is 3.25. The van der Waals surface area contributed by atoms with E-state index in [0.717, 1.165) is 36.6 Å². The lowest BCUT2D eigenvalue weighted by Crippen LogP contribution is -2.13. The molecule has 5 heteroatoms. The van der Waals surface area contributed by atoms with Crippen molar-refractivity contribution in [2.45, 2.75) is 19.3 Å². The van der Waals surface area contributed by atoms with Gasteiger partial charge in [-0.05, 0) is 24.8 Å². The number of pyridine rings is 1. The normalized spacial score (nSPS) is 13.7. The molecule has 2 rings (SSSR count). The van der Waals surface area contributed by atoms with Gasteiger partial charge in [-0.2, -0.15) is 0 Å². The Morgan fingerprint density at radius 1 is 1.43 bits per heavy atom. The van der Waals surface area contributed by atoms with Gasteiger partial charge >= 0.3 is 5.91 Å². The number of fused-ring (bicyclic) bond motifs is 1. The molecule has 1 amide bonds. The Morgan fingerprint density at radius 3 is 2.93 bits per heavy atom. The second kappa shape index (κ2) is 3.17. The molecule has 0 fully saturated rings. The molecule has 0 saturated carbocycles. The van der Waals surface area contributed by atoms with Crippen LogP contribution in [0.25, 0.3) is 0 Å². The zero-order valence-electron chi connectivity index (χ0n) is 7.37. The first-order valence-corrected chi connectivity index (χ1v) is 4.35. The topological polar surface area (TPSA) is 79.4 Å². The molecule has 0 bridgehead atoms. The van der Waals surface area contributed by atoms with Crippen molar-refractivity contribution in [1.29, 1.82) is 0 Å². The van der Waals surface area contributed by atoms with Crippen LogP contribution in [0, 0.1) is 4.91 Å². The van der Waals surface area contributed by atoms with Crippen molar-refractivity contribution >= 4 is 5.91 Å². The van der Waals surface area contributed by atoms with Crippen LogP contribution in [0.2, 0.25) is 0 Å². The zero-order valence-corrected chi connectivity index (χ0v) is 7.37. The smallest absolute Gasteiger partial charge is 0.317 e. The van der Waals surface area contributed by atoms with E-state index in [9.17, 15) is 14.5 Å². The molecule has 0 spiro atoms. The summed E-state index contributed by atoms with van der Waals surface area (Å²) >= 11 is 0. The molecule has 0 unspecified atom stereocenters. The minimum Gasteiger partial charge on any atom is -0.326 e. The lowest BCUT2D eigenvalue weighted by atomic mass is 10.1. The fourth-order valence-electron chi connectivity index (χ4n) is 1.82. The first-order valence-electron chi connectivity index (χ1n) is 4.35. The largest absolute Gasteiger partial charge is 0.326 e. The van der Waals surface area contributed by atoms with E-state index in [-0.39, 0.29) is 11.1 Å². The Bertz CT molecular complexity index is 462. The Labute approximate surface area is 79.1 Å². The number of aromatic nitrogens is 1. The Kier molecular flexibility index (Phi) is 1.99. The minimum absolute atomic E-state index is 0.163. The highest BCUT2D eigenvalue weighted by molar-refractivity contribution is 5.96. The highest BCUT2D eigenvalue weighted by atomic mass is 16.3. The first-order chi connectivity index (χ1) is 6.72. The van der Waals surface area contributed by atoms with Crippen LogP contribution in [0.1, 0.15) is 28.0 Å². The third-order valence-electron chi connectivity index (χ3n) is 2.41. The molecule has 1 aromatic heterocycles. The van der Waals surface area contributed by atoms with Crippen molar-refractivity contribution in [1.82, 2.24) is 4.98 Å². The van der Waals surface area contributed by atoms with E-state index in [1.165, 1.54) is 0 Å². The third-order valence-corrected chi connectivity index (χ3v) is 2.41. The predicted octanol–water partition coefficient (Wildman–Crippen LogP) is 0.770. The van der Waals surface area contributed by atoms with Crippen LogP contribution >= 0.6 is 0 Å². The molecule has 1 N–H and O–H groups in total. The van der Waals surface area contributed by atoms with E-state index in [1.54, 1.807) is 0 Å². The number of hydrogen-bond acceptors (Lipinski definition) is 3. The number of aromatic amines is 1. The van der Waals surface area contributed by atoms with E-state index >= 15 is 0 Å². The van der Waals surface area contributed by atoms with Gasteiger partial charge < -0.3 is 4.98 Å². The highest BCUT2D eigenvalue weighted by Gasteiger charge is 2.20. The number of rotatable bonds is 1. The molecule has 0 radical (unpaired) electrons. The molecule has 0 aromatic carbocycles. The summed E-state index contributed by atoms with van der Waals surface area (Å²) in [6.45, 7) is 0. The van der Waals surface area contributed by atoms with Crippen molar-refractivity contribution in [2.24, 2.45) is 5.18 Å². The van der Waals surface area contributed by atoms with E-state index < -0.39 is 5.91 Å². The van der Waals surface area contributed by atoms with Crippen LogP contribution in [0.3, 0.4) is 0 Å². The van der Waals surface area contributed by atoms with Gasteiger partial charge in [0, 0.05) is 16.9 Å². The fourth-order valence-corrected chi connectivity index (χ4v) is 1.82. The van der Waals surface area contributed by atoms with Crippen molar-refractivity contribution in [3.8, 4) is 0 Å². The number of H-pyrrole nitrogens is 1. The maximum Gasteiger partial charge on any atom is 0.317 e. The molecule has 1 aliphatic rings. The SMILES string of the molecule is O=NC(=O)c1cc(=O)[nH]c2c1CCC2. The minimum atomic E-state index is -0.853. The van der Waals surface area contributed by atoms with E-state index in [4.69, 9.17) is 0 Å². The Morgan fingerprint density at radius 2 is 2.21 bits per heavy atom. The van der Waals surface area contributed by atoms with Crippen LogP contribution in [0.4, 0.5) is 0 Å². The molecule has 5 nitrogen and oxygen atoms in total. The van der Waals surface area contributed by atoms with Gasteiger partial charge in [0.05, 0.1) is 5.56 Å². The van der Waals surface area contributed by atoms with Crippen molar-refractivity contribution in [2.75, 3.05) is 0 Å². The molecule has 1 aromatic rings. The maximum absolute atomic E-state index is 11.1. The number of aryl methyl sites for hydroxylation is 1. The van der Waals surface area contributed by atoms with Gasteiger partial charge in [-0.25, -0.2) is 0 Å². The van der Waals surface area contributed by atoms with E-state index in [0.29, 0.717) is 0 Å². The molecular formula is C9H8N2O3. The summed E-state index contributed by atoms with van der Waals surface area (Å²) < 4.78 is 0. The van der Waals surface area contributed by atoms with E-state index in [2.05, 4.69) is 10.2 Å². The number of amides is 1. The van der Waals surface area contributed by atoms with Crippen LogP contribution in [-0.2, 0) is 12.8 Å². The molecule has 0 aliphatic heterocycles. The molecular weight excluding hydrogens is 184 g/mol. The summed E-state index contributed by atoms with van der Waals surface area (Å²) in [6.07, 6.45) is 2.38. The molecule has 72 valence electrons. The predicted molar refractivity (Wildman–Crippen MR) is 49.2 cm³/mol. The number of hydrogen-bond donors (Lipinski definition) is 1. The van der Waals surface area contributed by atoms with Gasteiger partial charge in [-0.3, -0.25) is 9.59 Å². The average Bonchev–Trinajstić information content (AvgIpc) is 2.62. The summed E-state index contributed by atoms with van der Waals surface area (Å²) in [5, 5.41) is 2.34. The standard InChI is InChI=1S/C9H8N2O3/c12-8-4-6(9(13)11-14)5-2-1-3-7(5)10-8/h4H,1-3H2,(H,10,12). The fraction of sp³-hybridized carbons (Fsp3) is 0.333. The molecule has 0 atom stereocenters. The van der Waals surface area contributed by atoms with Gasteiger partial charge in [0.15, 0.2) is 0 Å². The highest BCUT2D eigenvalue weighted by Crippen LogP contribution is 2.22. The van der Waals surface area contributed by atoms with Crippen LogP contribution in [0.5, 0.6) is 0 Å². The second-order valence-electron chi connectivity index (χ2n) is 3.25. The zero-order chi connectivity index (χ0) is 10.1. The number of nitrogens with zero attached hydrogens (tertiary/aromatic N) is 1. The van der Waals surface area contributed by atoms with E-state index in [1.807, 2.05) is 0 Å². The van der Waals surface area contributed by atoms with Gasteiger partial charge in [0.25, 0.3) is 0 Å². The van der Waals surface area contributed by atoms with Crippen LogP contribution in [0.15, 0.2) is 16.0 Å². The van der Waals surface area contributed by atoms with Crippen molar-refractivity contribution in [3.63, 3.8) is 0 Å². The monoisotopic (exact) mass is 192 g/mol. The van der Waals surface area contributed by atoms with Gasteiger partial charge in [-0.15, -0.1) is 4.91 Å². The lowest BCUT2D eigenvalue weighted by Gasteiger charge is -2.01. The molecule has 1 aliphatic carbocycles. The number of nitrogens with one attached hydrogen (secondary N) is 1. The molecule has 1 heterocycles. The number of nitroso groups, excluding NO2 is 1. The Hall–Kier alpha value is -1.78. The average molecular weight is 192 g/mol. The Balaban J connectivity index is 2.65. The lowest BCUT2D eigenvalue weighted by molar-refractivity contribution is 0.0999. The van der Waals surface area contributed by atoms with Gasteiger partial charge in [0.2, 0.25) is 5.56 Å². The van der Waals surface area contributed by atoms with Crippen LogP contribution in [-0.4, -0.2) is 10.9 Å². The summed E-state index contributed by atoms with van der Waals surface area (Å²) in [5.41, 5.74) is 1.35. The summed E-state index contributed by atoms with van der Waals surface area (Å²) in [4.78, 5) is 35.0. The summed E-state index contributed by atoms with van der Waals surface area (Å²) in [7, 11) is 0. The number of carbonyl (C=O) groups is 1. The summed E-state index contributed by atoms with van der Waals surface area (Å²) in [5.74, 6) is -0.853. The third kappa shape index (κ3) is 1.26. The quantitative estimate of drug-likeness (QED) is 0.667. The molecule has 0 saturated heterocycles. The first kappa shape index (κ1) is 8.80. The van der Waals surface area contributed by atoms with Crippen molar-refractivity contribution in [3.05, 3.63) is 38.1 Å². The molecule has 14 heavy (non-hydrogen) atoms. The summed E-state index contributed by atoms with van der Waals surface area (Å²) in [6, 6.07) is 1.15. The maximum atomic E-state index is 11.1. The number of carbonyl (C=O) groups excluding carboxylic acids is 1. The van der Waals surface area contributed by atoms with Crippen LogP contribution < -0.4 is 5.56 Å².